The molecule has 4 heteroatoms. The molecule has 0 spiro atoms. The molecule has 0 heterocycles. The molecular formula is C15H23NO3. The number of carbonyl (C=O) groups excluding carboxylic acids is 1. The average molecular weight is 265 g/mol. The van der Waals surface area contributed by atoms with Crippen LogP contribution in [0, 0.1) is 0 Å². The van der Waals surface area contributed by atoms with Crippen LogP contribution in [-0.2, 0) is 9.53 Å². The monoisotopic (exact) mass is 265 g/mol. The molecule has 1 aromatic carbocycles. The Morgan fingerprint density at radius 1 is 1.37 bits per heavy atom. The lowest BCUT2D eigenvalue weighted by atomic mass is 9.98. The quantitative estimate of drug-likeness (QED) is 0.726. The van der Waals surface area contributed by atoms with Gasteiger partial charge in [-0.3, -0.25) is 4.79 Å². The van der Waals surface area contributed by atoms with Gasteiger partial charge in [0.15, 0.2) is 0 Å². The number of methoxy groups -OCH3 is 1. The lowest BCUT2D eigenvalue weighted by molar-refractivity contribution is -0.142. The molecule has 0 saturated heterocycles. The molecule has 0 saturated carbocycles. The van der Waals surface area contributed by atoms with Gasteiger partial charge in [0.1, 0.15) is 0 Å². The Labute approximate surface area is 115 Å². The topological polar surface area (TPSA) is 49.8 Å². The van der Waals surface area contributed by atoms with Gasteiger partial charge in [0.05, 0.1) is 13.0 Å². The van der Waals surface area contributed by atoms with Crippen molar-refractivity contribution >= 4 is 5.97 Å². The van der Waals surface area contributed by atoms with E-state index in [0.717, 1.165) is 25.1 Å². The van der Waals surface area contributed by atoms with Crippen molar-refractivity contribution in [2.24, 2.45) is 0 Å². The smallest absolute Gasteiger partial charge is 0.314 e. The van der Waals surface area contributed by atoms with Gasteiger partial charge in [-0.15, -0.1) is 0 Å². The molecule has 1 rings (SSSR count). The van der Waals surface area contributed by atoms with Crippen LogP contribution in [-0.4, -0.2) is 49.3 Å². The highest BCUT2D eigenvalue weighted by atomic mass is 16.5. The summed E-state index contributed by atoms with van der Waals surface area (Å²) in [7, 11) is 1.42. The predicted molar refractivity (Wildman–Crippen MR) is 75.0 cm³/mol. The molecule has 1 unspecified atom stereocenters. The molecule has 0 fully saturated rings. The van der Waals surface area contributed by atoms with E-state index in [9.17, 15) is 4.79 Å². The fourth-order valence-electron chi connectivity index (χ4n) is 2.07. The third kappa shape index (κ3) is 5.01. The summed E-state index contributed by atoms with van der Waals surface area (Å²) in [6.45, 7) is 4.47. The van der Waals surface area contributed by atoms with Crippen molar-refractivity contribution in [3.8, 4) is 0 Å². The number of hydrogen-bond donors (Lipinski definition) is 1. The Morgan fingerprint density at radius 3 is 2.58 bits per heavy atom. The maximum atomic E-state index is 11.9. The third-order valence-corrected chi connectivity index (χ3v) is 3.21. The molecule has 0 aliphatic rings. The van der Waals surface area contributed by atoms with Gasteiger partial charge in [-0.2, -0.15) is 0 Å². The second-order valence-corrected chi connectivity index (χ2v) is 4.46. The summed E-state index contributed by atoms with van der Waals surface area (Å²) in [5, 5.41) is 8.90. The zero-order valence-corrected chi connectivity index (χ0v) is 11.7. The molecular weight excluding hydrogens is 242 g/mol. The summed E-state index contributed by atoms with van der Waals surface area (Å²) in [4.78, 5) is 14.1. The predicted octanol–water partition coefficient (Wildman–Crippen LogP) is 1.65. The summed E-state index contributed by atoms with van der Waals surface area (Å²) in [6.07, 6.45) is 0.719. The second kappa shape index (κ2) is 8.67. The van der Waals surface area contributed by atoms with Crippen molar-refractivity contribution in [1.29, 1.82) is 0 Å². The lowest BCUT2D eigenvalue weighted by Crippen LogP contribution is -2.33. The summed E-state index contributed by atoms with van der Waals surface area (Å²) in [5.74, 6) is -0.488. The first-order chi connectivity index (χ1) is 9.22. The van der Waals surface area contributed by atoms with Crippen LogP contribution in [0.3, 0.4) is 0 Å². The normalized spacial score (nSPS) is 12.4. The number of esters is 1. The van der Waals surface area contributed by atoms with E-state index >= 15 is 0 Å². The minimum absolute atomic E-state index is 0.171. The number of nitrogens with zero attached hydrogens (tertiary/aromatic N) is 1. The van der Waals surface area contributed by atoms with Crippen LogP contribution in [0.25, 0.3) is 0 Å². The van der Waals surface area contributed by atoms with Gasteiger partial charge in [-0.05, 0) is 18.5 Å². The van der Waals surface area contributed by atoms with Gasteiger partial charge in [0.25, 0.3) is 0 Å². The minimum atomic E-state index is -0.273. The van der Waals surface area contributed by atoms with E-state index in [2.05, 4.69) is 11.8 Å². The Morgan fingerprint density at radius 2 is 2.05 bits per heavy atom. The van der Waals surface area contributed by atoms with Gasteiger partial charge in [0, 0.05) is 19.7 Å². The number of benzene rings is 1. The highest BCUT2D eigenvalue weighted by Crippen LogP contribution is 2.18. The van der Waals surface area contributed by atoms with Crippen LogP contribution in [0.4, 0.5) is 0 Å². The van der Waals surface area contributed by atoms with Gasteiger partial charge in [-0.1, -0.05) is 37.3 Å². The average Bonchev–Trinajstić information content (AvgIpc) is 2.48. The maximum absolute atomic E-state index is 11.9. The van der Waals surface area contributed by atoms with Crippen LogP contribution >= 0.6 is 0 Å². The molecule has 0 amide bonds. The third-order valence-electron chi connectivity index (χ3n) is 3.21. The van der Waals surface area contributed by atoms with E-state index in [1.807, 2.05) is 30.3 Å². The van der Waals surface area contributed by atoms with Gasteiger partial charge < -0.3 is 14.7 Å². The van der Waals surface area contributed by atoms with E-state index in [-0.39, 0.29) is 18.5 Å². The largest absolute Gasteiger partial charge is 0.469 e. The number of rotatable bonds is 8. The first-order valence-corrected chi connectivity index (χ1v) is 6.68. The van der Waals surface area contributed by atoms with Crippen molar-refractivity contribution < 1.29 is 14.6 Å². The molecule has 0 aliphatic heterocycles. The Hall–Kier alpha value is -1.39. The number of carbonyl (C=O) groups is 1. The van der Waals surface area contributed by atoms with Crippen molar-refractivity contribution in [3.63, 3.8) is 0 Å². The van der Waals surface area contributed by atoms with Gasteiger partial charge in [-0.25, -0.2) is 0 Å². The van der Waals surface area contributed by atoms with Crippen molar-refractivity contribution in [3.05, 3.63) is 35.9 Å². The highest BCUT2D eigenvalue weighted by Gasteiger charge is 2.23. The Bertz CT molecular complexity index is 367. The van der Waals surface area contributed by atoms with E-state index in [0.29, 0.717) is 6.54 Å². The van der Waals surface area contributed by atoms with Crippen LogP contribution in [0.5, 0.6) is 0 Å². The number of likely N-dealkylation sites (N-methyl/N-ethyl adjacent to an activating group) is 1. The van der Waals surface area contributed by atoms with Crippen molar-refractivity contribution in [2.45, 2.75) is 19.3 Å². The first-order valence-electron chi connectivity index (χ1n) is 6.68. The number of ether oxygens (including phenoxy) is 1. The van der Waals surface area contributed by atoms with E-state index in [4.69, 9.17) is 9.84 Å². The maximum Gasteiger partial charge on any atom is 0.314 e. The molecule has 0 aromatic heterocycles. The first kappa shape index (κ1) is 15.7. The molecule has 1 N–H and O–H groups in total. The molecule has 0 bridgehead atoms. The fraction of sp³-hybridized carbons (Fsp3) is 0.533. The molecule has 19 heavy (non-hydrogen) atoms. The van der Waals surface area contributed by atoms with Crippen LogP contribution in [0.1, 0.15) is 24.8 Å². The summed E-state index contributed by atoms with van der Waals surface area (Å²) >= 11 is 0. The highest BCUT2D eigenvalue weighted by molar-refractivity contribution is 5.78. The SMILES string of the molecule is CCN(CCCO)CC(C(=O)OC)c1ccccc1. The molecule has 0 radical (unpaired) electrons. The van der Waals surface area contributed by atoms with E-state index in [1.54, 1.807) is 0 Å². The number of aliphatic hydroxyl groups excluding tert-OH is 1. The fourth-order valence-corrected chi connectivity index (χ4v) is 2.07. The van der Waals surface area contributed by atoms with E-state index < -0.39 is 0 Å². The summed E-state index contributed by atoms with van der Waals surface area (Å²) in [5.41, 5.74) is 0.969. The number of hydrogen-bond acceptors (Lipinski definition) is 4. The van der Waals surface area contributed by atoms with Crippen LogP contribution in [0.2, 0.25) is 0 Å². The molecule has 4 nitrogen and oxygen atoms in total. The number of aliphatic hydroxyl groups is 1. The van der Waals surface area contributed by atoms with Gasteiger partial charge >= 0.3 is 5.97 Å². The molecule has 106 valence electrons. The standard InChI is InChI=1S/C15H23NO3/c1-3-16(10-7-11-17)12-14(15(18)19-2)13-8-5-4-6-9-13/h4-6,8-9,14,17H,3,7,10-12H2,1-2H3. The zero-order valence-electron chi connectivity index (χ0n) is 11.7. The summed E-state index contributed by atoms with van der Waals surface area (Å²) in [6, 6.07) is 9.68. The molecule has 1 atom stereocenters. The van der Waals surface area contributed by atoms with Crippen molar-refractivity contribution in [1.82, 2.24) is 4.90 Å². The molecule has 0 aliphatic carbocycles. The van der Waals surface area contributed by atoms with Crippen LogP contribution < -0.4 is 0 Å². The van der Waals surface area contributed by atoms with Crippen LogP contribution in [0.15, 0.2) is 30.3 Å². The second-order valence-electron chi connectivity index (χ2n) is 4.46. The summed E-state index contributed by atoms with van der Waals surface area (Å²) < 4.78 is 4.90. The van der Waals surface area contributed by atoms with Crippen molar-refractivity contribution in [2.75, 3.05) is 33.4 Å². The Kier molecular flexibility index (Phi) is 7.15. The Balaban J connectivity index is 2.77. The zero-order chi connectivity index (χ0) is 14.1. The minimum Gasteiger partial charge on any atom is -0.469 e. The molecule has 1 aromatic rings. The van der Waals surface area contributed by atoms with Gasteiger partial charge in [0.2, 0.25) is 0 Å². The van der Waals surface area contributed by atoms with E-state index in [1.165, 1.54) is 7.11 Å². The lowest BCUT2D eigenvalue weighted by Gasteiger charge is -2.25.